The average Bonchev–Trinajstić information content (AvgIpc) is 2.42. The van der Waals surface area contributed by atoms with E-state index >= 15 is 0 Å². The minimum Gasteiger partial charge on any atom is -0.199 e. The molecule has 0 amide bonds. The van der Waals surface area contributed by atoms with E-state index in [2.05, 4.69) is 0 Å². The van der Waals surface area contributed by atoms with Crippen LogP contribution in [0, 0.1) is 5.92 Å². The van der Waals surface area contributed by atoms with E-state index in [1.165, 1.54) is 0 Å². The predicted octanol–water partition coefficient (Wildman–Crippen LogP) is 6.26. The Morgan fingerprint density at radius 2 is 0.690 bits per heavy atom. The Balaban J connectivity index is 3.95. The third kappa shape index (κ3) is 2.56. The lowest BCUT2D eigenvalue weighted by Gasteiger charge is -2.52. The molecule has 0 radical (unpaired) electrons. The minimum absolute atomic E-state index is 7.13. The first-order valence-electron chi connectivity index (χ1n) is 6.21. The highest BCUT2D eigenvalue weighted by Crippen LogP contribution is 2.71. The van der Waals surface area contributed by atoms with Crippen molar-refractivity contribution in [2.75, 3.05) is 0 Å². The van der Waals surface area contributed by atoms with Crippen molar-refractivity contribution in [1.82, 2.24) is 0 Å². The third-order valence-electron chi connectivity index (χ3n) is 3.88. The van der Waals surface area contributed by atoms with Crippen LogP contribution >= 0.6 is 0 Å². The van der Waals surface area contributed by atoms with Crippen LogP contribution in [0.1, 0.15) is 0 Å². The lowest BCUT2D eigenvalue weighted by Crippen LogP contribution is -2.82. The zero-order valence-electron chi connectivity index (χ0n) is 12.3. The topological polar surface area (TPSA) is 0 Å². The summed E-state index contributed by atoms with van der Waals surface area (Å²) < 4.78 is 245. The molecule has 0 saturated heterocycles. The van der Waals surface area contributed by atoms with Crippen LogP contribution in [0.3, 0.4) is 0 Å². The van der Waals surface area contributed by atoms with Gasteiger partial charge in [-0.25, -0.2) is 0 Å². The molecule has 0 nitrogen and oxygen atoms in total. The van der Waals surface area contributed by atoms with Crippen LogP contribution in [-0.2, 0) is 0 Å². The zero-order valence-corrected chi connectivity index (χ0v) is 12.3. The Bertz CT molecular complexity index is 620. The molecule has 0 spiro atoms. The van der Waals surface area contributed by atoms with Crippen molar-refractivity contribution < 1.29 is 83.4 Å². The van der Waals surface area contributed by atoms with Gasteiger partial charge in [0, 0.05) is 0 Å². The summed E-state index contributed by atoms with van der Waals surface area (Å²) in [6.07, 6.45) is -7.84. The summed E-state index contributed by atoms with van der Waals surface area (Å²) in [5.74, 6) is -72.4. The molecule has 0 heterocycles. The first-order chi connectivity index (χ1) is 12.1. The number of hydrogen-bond donors (Lipinski definition) is 0. The maximum atomic E-state index is 13.4. The van der Waals surface area contributed by atoms with E-state index in [0.717, 1.165) is 0 Å². The van der Waals surface area contributed by atoms with Crippen LogP contribution < -0.4 is 0 Å². The molecule has 0 aliphatic heterocycles. The summed E-state index contributed by atoms with van der Waals surface area (Å²) in [4.78, 5) is 0. The molecule has 1 saturated carbocycles. The highest BCUT2D eigenvalue weighted by molar-refractivity contribution is 5.23. The fourth-order valence-electron chi connectivity index (χ4n) is 2.23. The molecule has 0 aromatic rings. The van der Waals surface area contributed by atoms with Crippen LogP contribution in [0.25, 0.3) is 0 Å². The van der Waals surface area contributed by atoms with Crippen molar-refractivity contribution in [2.45, 2.75) is 53.6 Å². The molecule has 1 aliphatic carbocycles. The van der Waals surface area contributed by atoms with Crippen LogP contribution in [0.15, 0.2) is 0 Å². The summed E-state index contributed by atoms with van der Waals surface area (Å²) in [6.45, 7) is 0. The third-order valence-corrected chi connectivity index (χ3v) is 3.88. The van der Waals surface area contributed by atoms with E-state index in [4.69, 9.17) is 0 Å². The molecule has 1 aliphatic rings. The van der Waals surface area contributed by atoms with Gasteiger partial charge in [-0.3, -0.25) is 0 Å². The van der Waals surface area contributed by atoms with E-state index in [1.54, 1.807) is 0 Å². The molecule has 0 atom stereocenters. The Morgan fingerprint density at radius 3 is 0.931 bits per heavy atom. The zero-order chi connectivity index (χ0) is 24.1. The monoisotopic (exact) mass is 482 g/mol. The Hall–Kier alpha value is -1.33. The molecule has 0 bridgehead atoms. The van der Waals surface area contributed by atoms with E-state index < -0.39 is 59.5 Å². The first-order valence-corrected chi connectivity index (χ1v) is 6.21. The summed E-state index contributed by atoms with van der Waals surface area (Å²) in [7, 11) is 0. The second kappa shape index (κ2) is 5.67. The highest BCUT2D eigenvalue weighted by Gasteiger charge is 3.01. The standard InChI is InChI=1S/C10HF19/c11-2(12)1(3(13,14)6(19,20)8(23,24)5(2,17)18)4(15,16)7(21,22)9(25,26)10(27,28)29/h1H. The quantitative estimate of drug-likeness (QED) is 0.417. The SMILES string of the molecule is FC(F)(F)C(F)(F)C(F)(F)C(F)(F)C1C(F)(F)C(F)(F)C(F)(F)C(F)(F)C1(F)F. The highest BCUT2D eigenvalue weighted by atomic mass is 19.4. The van der Waals surface area contributed by atoms with Crippen LogP contribution in [0.2, 0.25) is 0 Å². The van der Waals surface area contributed by atoms with Gasteiger partial charge < -0.3 is 0 Å². The van der Waals surface area contributed by atoms with Gasteiger partial charge in [0.1, 0.15) is 0 Å². The Morgan fingerprint density at radius 1 is 0.414 bits per heavy atom. The van der Waals surface area contributed by atoms with Crippen molar-refractivity contribution in [2.24, 2.45) is 5.92 Å². The van der Waals surface area contributed by atoms with E-state index in [9.17, 15) is 83.4 Å². The van der Waals surface area contributed by atoms with Gasteiger partial charge in [-0.1, -0.05) is 0 Å². The first kappa shape index (κ1) is 25.7. The summed E-state index contributed by atoms with van der Waals surface area (Å²) >= 11 is 0. The van der Waals surface area contributed by atoms with Gasteiger partial charge in [0.25, 0.3) is 0 Å². The molecule has 0 aromatic heterocycles. The fraction of sp³-hybridized carbons (Fsp3) is 1.00. The molecule has 1 fully saturated rings. The molecule has 29 heavy (non-hydrogen) atoms. The molecule has 0 unspecified atom stereocenters. The van der Waals surface area contributed by atoms with E-state index in [0.29, 0.717) is 0 Å². The van der Waals surface area contributed by atoms with Gasteiger partial charge >= 0.3 is 53.6 Å². The molecule has 19 heteroatoms. The van der Waals surface area contributed by atoms with Gasteiger partial charge in [0.05, 0.1) is 0 Å². The van der Waals surface area contributed by atoms with Crippen molar-refractivity contribution in [3.8, 4) is 0 Å². The van der Waals surface area contributed by atoms with Crippen LogP contribution in [0.4, 0.5) is 83.4 Å². The fourth-order valence-corrected chi connectivity index (χ4v) is 2.23. The second-order valence-corrected chi connectivity index (χ2v) is 5.67. The number of rotatable bonds is 3. The maximum absolute atomic E-state index is 13.4. The van der Waals surface area contributed by atoms with Gasteiger partial charge in [0.15, 0.2) is 5.92 Å². The molecule has 0 aromatic carbocycles. The second-order valence-electron chi connectivity index (χ2n) is 5.67. The van der Waals surface area contributed by atoms with Crippen molar-refractivity contribution >= 4 is 0 Å². The average molecular weight is 482 g/mol. The van der Waals surface area contributed by atoms with Gasteiger partial charge in [-0.15, -0.1) is 0 Å². The number of alkyl halides is 19. The van der Waals surface area contributed by atoms with Crippen LogP contribution in [-0.4, -0.2) is 53.6 Å². The lowest BCUT2D eigenvalue weighted by atomic mass is 9.69. The predicted molar refractivity (Wildman–Crippen MR) is 49.1 cm³/mol. The normalized spacial score (nSPS) is 27.0. The van der Waals surface area contributed by atoms with Gasteiger partial charge in [-0.2, -0.15) is 83.4 Å². The van der Waals surface area contributed by atoms with Crippen molar-refractivity contribution in [3.63, 3.8) is 0 Å². The number of halogens is 19. The molecule has 0 N–H and O–H groups in total. The largest absolute Gasteiger partial charge is 0.460 e. The van der Waals surface area contributed by atoms with Crippen LogP contribution in [0.5, 0.6) is 0 Å². The smallest absolute Gasteiger partial charge is 0.199 e. The summed E-state index contributed by atoms with van der Waals surface area (Å²) in [5.41, 5.74) is 0. The minimum atomic E-state index is -8.51. The van der Waals surface area contributed by atoms with E-state index in [1.807, 2.05) is 0 Å². The maximum Gasteiger partial charge on any atom is 0.460 e. The molecular formula is C10HF19. The number of hydrogen-bond acceptors (Lipinski definition) is 0. The summed E-state index contributed by atoms with van der Waals surface area (Å²) in [5, 5.41) is 0. The van der Waals surface area contributed by atoms with E-state index in [-0.39, 0.29) is 0 Å². The summed E-state index contributed by atoms with van der Waals surface area (Å²) in [6, 6.07) is 0. The Labute approximate surface area is 144 Å². The molecular weight excluding hydrogens is 481 g/mol. The molecule has 1 rings (SSSR count). The van der Waals surface area contributed by atoms with Gasteiger partial charge in [0.2, 0.25) is 0 Å². The lowest BCUT2D eigenvalue weighted by molar-refractivity contribution is -0.499. The Kier molecular flexibility index (Phi) is 5.03. The van der Waals surface area contributed by atoms with Crippen molar-refractivity contribution in [3.05, 3.63) is 0 Å². The van der Waals surface area contributed by atoms with Crippen molar-refractivity contribution in [1.29, 1.82) is 0 Å². The molecule has 174 valence electrons. The van der Waals surface area contributed by atoms with Gasteiger partial charge in [-0.05, 0) is 0 Å².